The maximum absolute atomic E-state index is 8.34. The standard InChI is InChI=1S/C24H17N/c1-2-8-17(9-3-1)18-10-6-11-19(16-18)20-13-7-14-22-21-12-4-5-15-23(21)25-24(20)22/h1-16,25H/i4D,5D,12D,15D. The Kier molecular flexibility index (Phi) is 2.38. The van der Waals surface area contributed by atoms with Crippen LogP contribution in [0.1, 0.15) is 5.48 Å². The first-order valence-electron chi connectivity index (χ1n) is 10.2. The first-order valence-corrected chi connectivity index (χ1v) is 8.23. The second-order valence-electron chi connectivity index (χ2n) is 6.05. The van der Waals surface area contributed by atoms with Gasteiger partial charge in [-0.2, -0.15) is 0 Å². The lowest BCUT2D eigenvalue weighted by Gasteiger charge is -2.07. The molecule has 1 aromatic heterocycles. The van der Waals surface area contributed by atoms with Crippen LogP contribution in [0.4, 0.5) is 0 Å². The molecule has 0 bridgehead atoms. The number of rotatable bonds is 2. The first-order chi connectivity index (χ1) is 14.1. The number of fused-ring (bicyclic) bond motifs is 3. The summed E-state index contributed by atoms with van der Waals surface area (Å²) < 4.78 is 32.6. The average Bonchev–Trinajstić information content (AvgIpc) is 3.17. The summed E-state index contributed by atoms with van der Waals surface area (Å²) in [6.45, 7) is 0. The quantitative estimate of drug-likeness (QED) is 0.374. The van der Waals surface area contributed by atoms with Crippen molar-refractivity contribution in [1.29, 1.82) is 0 Å². The topological polar surface area (TPSA) is 15.8 Å². The molecule has 1 heterocycles. The van der Waals surface area contributed by atoms with Crippen LogP contribution in [0.25, 0.3) is 44.1 Å². The molecule has 1 heteroatoms. The molecule has 0 unspecified atom stereocenters. The van der Waals surface area contributed by atoms with E-state index in [1.165, 1.54) is 0 Å². The number of hydrogen-bond donors (Lipinski definition) is 1. The van der Waals surface area contributed by atoms with Crippen molar-refractivity contribution in [3.05, 3.63) is 97.0 Å². The molecule has 0 spiro atoms. The molecule has 0 fully saturated rings. The number of para-hydroxylation sites is 2. The normalized spacial score (nSPS) is 13.4. The largest absolute Gasteiger partial charge is 0.354 e. The molecule has 0 atom stereocenters. The molecule has 4 aromatic carbocycles. The highest BCUT2D eigenvalue weighted by atomic mass is 14.7. The Morgan fingerprint density at radius 1 is 0.640 bits per heavy atom. The van der Waals surface area contributed by atoms with Gasteiger partial charge < -0.3 is 4.98 Å². The number of H-pyrrole nitrogens is 1. The van der Waals surface area contributed by atoms with Crippen LogP contribution < -0.4 is 0 Å². The lowest BCUT2D eigenvalue weighted by molar-refractivity contribution is 1.53. The SMILES string of the molecule is [2H]c1c([2H])c([2H])c2c([nH]c3c(-c4cccc(-c5ccccc5)c4)cccc32)c1[2H]. The molecule has 5 aromatic rings. The third-order valence-electron chi connectivity index (χ3n) is 4.55. The minimum atomic E-state index is -0.221. The fraction of sp³-hybridized carbons (Fsp3) is 0. The van der Waals surface area contributed by atoms with Crippen LogP contribution >= 0.6 is 0 Å². The summed E-state index contributed by atoms with van der Waals surface area (Å²) in [5.41, 5.74) is 5.50. The summed E-state index contributed by atoms with van der Waals surface area (Å²) in [5.74, 6) is 0. The fourth-order valence-electron chi connectivity index (χ4n) is 3.37. The average molecular weight is 323 g/mol. The van der Waals surface area contributed by atoms with E-state index in [9.17, 15) is 0 Å². The first kappa shape index (κ1) is 10.5. The van der Waals surface area contributed by atoms with Gasteiger partial charge in [-0.15, -0.1) is 0 Å². The second-order valence-corrected chi connectivity index (χ2v) is 6.05. The van der Waals surface area contributed by atoms with Crippen molar-refractivity contribution in [2.24, 2.45) is 0 Å². The summed E-state index contributed by atoms with van der Waals surface area (Å²) in [6, 6.07) is 23.8. The predicted molar refractivity (Wildman–Crippen MR) is 107 cm³/mol. The van der Waals surface area contributed by atoms with Crippen molar-refractivity contribution in [1.82, 2.24) is 4.98 Å². The van der Waals surface area contributed by atoms with E-state index >= 15 is 0 Å². The maximum Gasteiger partial charge on any atom is 0.0645 e. The van der Waals surface area contributed by atoms with Gasteiger partial charge in [0.05, 0.1) is 11.0 Å². The number of nitrogens with one attached hydrogen (secondary N) is 1. The van der Waals surface area contributed by atoms with Gasteiger partial charge in [-0.05, 0) is 28.8 Å². The molecular formula is C24H17N. The Labute approximate surface area is 152 Å². The van der Waals surface area contributed by atoms with Gasteiger partial charge >= 0.3 is 0 Å². The van der Waals surface area contributed by atoms with Crippen LogP contribution in [0.15, 0.2) is 97.0 Å². The Morgan fingerprint density at radius 3 is 2.32 bits per heavy atom. The molecule has 25 heavy (non-hydrogen) atoms. The van der Waals surface area contributed by atoms with Crippen molar-refractivity contribution in [3.8, 4) is 22.3 Å². The maximum atomic E-state index is 8.34. The lowest BCUT2D eigenvalue weighted by Crippen LogP contribution is -1.83. The van der Waals surface area contributed by atoms with Crippen LogP contribution in [0.2, 0.25) is 0 Å². The third-order valence-corrected chi connectivity index (χ3v) is 4.55. The molecule has 1 nitrogen and oxygen atoms in total. The summed E-state index contributed by atoms with van der Waals surface area (Å²) in [5, 5.41) is 1.33. The van der Waals surface area contributed by atoms with Gasteiger partial charge in [0.1, 0.15) is 0 Å². The molecule has 0 aliphatic carbocycles. The highest BCUT2D eigenvalue weighted by Crippen LogP contribution is 2.34. The van der Waals surface area contributed by atoms with Gasteiger partial charge in [-0.3, -0.25) is 0 Å². The predicted octanol–water partition coefficient (Wildman–Crippen LogP) is 6.66. The molecule has 0 saturated heterocycles. The smallest absolute Gasteiger partial charge is 0.0645 e. The van der Waals surface area contributed by atoms with E-state index in [1.807, 2.05) is 48.5 Å². The summed E-state index contributed by atoms with van der Waals surface area (Å²) >= 11 is 0. The monoisotopic (exact) mass is 323 g/mol. The third kappa shape index (κ3) is 2.33. The molecule has 0 saturated carbocycles. The summed E-state index contributed by atoms with van der Waals surface area (Å²) in [6.07, 6.45) is 0. The van der Waals surface area contributed by atoms with E-state index in [4.69, 9.17) is 5.48 Å². The van der Waals surface area contributed by atoms with Gasteiger partial charge in [0.15, 0.2) is 0 Å². The minimum absolute atomic E-state index is 0.0116. The van der Waals surface area contributed by atoms with E-state index in [0.717, 1.165) is 33.2 Å². The zero-order chi connectivity index (χ0) is 20.1. The molecule has 1 N–H and O–H groups in total. The van der Waals surface area contributed by atoms with E-state index in [-0.39, 0.29) is 24.2 Å². The van der Waals surface area contributed by atoms with Crippen molar-refractivity contribution < 1.29 is 5.48 Å². The van der Waals surface area contributed by atoms with Gasteiger partial charge in [0, 0.05) is 21.9 Å². The van der Waals surface area contributed by atoms with Crippen LogP contribution in [0.5, 0.6) is 0 Å². The molecular weight excluding hydrogens is 302 g/mol. The van der Waals surface area contributed by atoms with E-state index in [2.05, 4.69) is 29.2 Å². The minimum Gasteiger partial charge on any atom is -0.354 e. The Morgan fingerprint density at radius 2 is 1.40 bits per heavy atom. The number of aromatic nitrogens is 1. The van der Waals surface area contributed by atoms with Crippen LogP contribution in [0.3, 0.4) is 0 Å². The van der Waals surface area contributed by atoms with Gasteiger partial charge in [0.25, 0.3) is 0 Å². The summed E-state index contributed by atoms with van der Waals surface area (Å²) in [4.78, 5) is 3.27. The van der Waals surface area contributed by atoms with Crippen LogP contribution in [-0.4, -0.2) is 4.98 Å². The lowest BCUT2D eigenvalue weighted by atomic mass is 9.97. The van der Waals surface area contributed by atoms with Crippen LogP contribution in [-0.2, 0) is 0 Å². The van der Waals surface area contributed by atoms with Gasteiger partial charge in [-0.1, -0.05) is 84.9 Å². The Hall–Kier alpha value is -3.32. The van der Waals surface area contributed by atoms with Crippen molar-refractivity contribution in [3.63, 3.8) is 0 Å². The highest BCUT2D eigenvalue weighted by Gasteiger charge is 2.09. The Bertz CT molecular complexity index is 1390. The molecule has 0 aliphatic rings. The van der Waals surface area contributed by atoms with Crippen molar-refractivity contribution >= 4 is 21.8 Å². The van der Waals surface area contributed by atoms with Crippen molar-refractivity contribution in [2.75, 3.05) is 0 Å². The van der Waals surface area contributed by atoms with Gasteiger partial charge in [0.2, 0.25) is 0 Å². The number of hydrogen-bond acceptors (Lipinski definition) is 0. The second kappa shape index (κ2) is 5.64. The molecule has 5 rings (SSSR count). The van der Waals surface area contributed by atoms with Crippen LogP contribution in [0, 0.1) is 0 Å². The molecule has 0 radical (unpaired) electrons. The number of benzene rings is 4. The molecule has 0 aliphatic heterocycles. The summed E-state index contributed by atoms with van der Waals surface area (Å²) in [7, 11) is 0. The highest BCUT2D eigenvalue weighted by molar-refractivity contribution is 6.11. The van der Waals surface area contributed by atoms with Gasteiger partial charge in [-0.25, -0.2) is 0 Å². The van der Waals surface area contributed by atoms with E-state index in [0.29, 0.717) is 10.9 Å². The fourth-order valence-corrected chi connectivity index (χ4v) is 3.37. The zero-order valence-electron chi connectivity index (χ0n) is 17.4. The molecule has 0 amide bonds. The van der Waals surface area contributed by atoms with E-state index in [1.54, 1.807) is 0 Å². The zero-order valence-corrected chi connectivity index (χ0v) is 13.4. The Balaban J connectivity index is 1.79. The number of aromatic amines is 1. The van der Waals surface area contributed by atoms with Crippen molar-refractivity contribution in [2.45, 2.75) is 0 Å². The molecule has 118 valence electrons. The van der Waals surface area contributed by atoms with E-state index < -0.39 is 0 Å².